The van der Waals surface area contributed by atoms with Crippen LogP contribution in [0.15, 0.2) is 42.7 Å². The molecule has 1 N–H and O–H groups in total. The number of benzene rings is 1. The van der Waals surface area contributed by atoms with E-state index in [0.717, 1.165) is 31.1 Å². The number of rotatable bonds is 9. The summed E-state index contributed by atoms with van der Waals surface area (Å²) in [6.45, 7) is 5.75. The lowest BCUT2D eigenvalue weighted by atomic mass is 10.3. The van der Waals surface area contributed by atoms with Gasteiger partial charge in [0.2, 0.25) is 0 Å². The predicted molar refractivity (Wildman–Crippen MR) is 78.2 cm³/mol. The Balaban J connectivity index is 1.63. The van der Waals surface area contributed by atoms with E-state index in [-0.39, 0.29) is 0 Å². The Hall–Kier alpha value is -2.01. The van der Waals surface area contributed by atoms with Crippen LogP contribution in [-0.2, 0) is 6.54 Å². The molecule has 0 saturated heterocycles. The van der Waals surface area contributed by atoms with E-state index in [4.69, 9.17) is 9.47 Å². The number of para-hydroxylation sites is 2. The fourth-order valence-electron chi connectivity index (χ4n) is 1.83. The normalized spacial score (nSPS) is 10.4. The van der Waals surface area contributed by atoms with E-state index in [1.165, 1.54) is 0 Å². The van der Waals surface area contributed by atoms with Crippen molar-refractivity contribution >= 4 is 0 Å². The van der Waals surface area contributed by atoms with Crippen molar-refractivity contribution in [3.63, 3.8) is 0 Å². The molecule has 0 unspecified atom stereocenters. The Labute approximate surface area is 119 Å². The summed E-state index contributed by atoms with van der Waals surface area (Å²) >= 11 is 0. The van der Waals surface area contributed by atoms with Gasteiger partial charge in [0, 0.05) is 25.5 Å². The molecule has 0 spiro atoms. The van der Waals surface area contributed by atoms with Crippen molar-refractivity contribution in [2.75, 3.05) is 26.3 Å². The van der Waals surface area contributed by atoms with Gasteiger partial charge in [-0.2, -0.15) is 5.10 Å². The first kappa shape index (κ1) is 14.4. The molecular weight excluding hydrogens is 254 g/mol. The van der Waals surface area contributed by atoms with Gasteiger partial charge >= 0.3 is 0 Å². The van der Waals surface area contributed by atoms with Crippen LogP contribution in [0.25, 0.3) is 0 Å². The third-order valence-electron chi connectivity index (χ3n) is 2.76. The molecule has 0 fully saturated rings. The van der Waals surface area contributed by atoms with Crippen molar-refractivity contribution in [3.8, 4) is 11.5 Å². The van der Waals surface area contributed by atoms with E-state index in [1.807, 2.05) is 48.1 Å². The minimum atomic E-state index is 0.614. The summed E-state index contributed by atoms with van der Waals surface area (Å²) in [6, 6.07) is 9.66. The maximum Gasteiger partial charge on any atom is 0.161 e. The van der Waals surface area contributed by atoms with Crippen LogP contribution in [-0.4, -0.2) is 36.1 Å². The SMILES string of the molecule is CCOc1ccccc1OCCNCCn1cccn1. The van der Waals surface area contributed by atoms with Gasteiger partial charge in [0.15, 0.2) is 11.5 Å². The van der Waals surface area contributed by atoms with Crippen molar-refractivity contribution in [2.24, 2.45) is 0 Å². The summed E-state index contributed by atoms with van der Waals surface area (Å²) < 4.78 is 13.1. The minimum absolute atomic E-state index is 0.614. The van der Waals surface area contributed by atoms with Crippen molar-refractivity contribution in [1.82, 2.24) is 15.1 Å². The lowest BCUT2D eigenvalue weighted by Gasteiger charge is -2.11. The molecule has 0 aliphatic carbocycles. The molecule has 0 bridgehead atoms. The molecule has 1 heterocycles. The molecule has 0 radical (unpaired) electrons. The first-order valence-electron chi connectivity index (χ1n) is 6.93. The van der Waals surface area contributed by atoms with Crippen LogP contribution in [0.1, 0.15) is 6.92 Å². The Morgan fingerprint density at radius 3 is 2.60 bits per heavy atom. The minimum Gasteiger partial charge on any atom is -0.490 e. The molecule has 2 rings (SSSR count). The van der Waals surface area contributed by atoms with Gasteiger partial charge < -0.3 is 14.8 Å². The maximum absolute atomic E-state index is 5.72. The zero-order valence-corrected chi connectivity index (χ0v) is 11.8. The van der Waals surface area contributed by atoms with Gasteiger partial charge in [0.25, 0.3) is 0 Å². The highest BCUT2D eigenvalue weighted by Crippen LogP contribution is 2.25. The monoisotopic (exact) mass is 275 g/mol. The standard InChI is InChI=1S/C15H21N3O2/c1-2-19-14-6-3-4-7-15(14)20-13-10-16-9-12-18-11-5-8-17-18/h3-8,11,16H,2,9-10,12-13H2,1H3. The highest BCUT2D eigenvalue weighted by molar-refractivity contribution is 5.39. The molecule has 1 aromatic carbocycles. The third kappa shape index (κ3) is 4.59. The Morgan fingerprint density at radius 2 is 1.90 bits per heavy atom. The molecule has 0 amide bonds. The van der Waals surface area contributed by atoms with Crippen LogP contribution in [0.2, 0.25) is 0 Å². The van der Waals surface area contributed by atoms with Crippen LogP contribution in [0.4, 0.5) is 0 Å². The highest BCUT2D eigenvalue weighted by atomic mass is 16.5. The summed E-state index contributed by atoms with van der Waals surface area (Å²) in [7, 11) is 0. The quantitative estimate of drug-likeness (QED) is 0.711. The average Bonchev–Trinajstić information content (AvgIpc) is 2.98. The molecule has 2 aromatic rings. The molecule has 5 heteroatoms. The van der Waals surface area contributed by atoms with Crippen LogP contribution in [0.3, 0.4) is 0 Å². The fraction of sp³-hybridized carbons (Fsp3) is 0.400. The van der Waals surface area contributed by atoms with Crippen LogP contribution < -0.4 is 14.8 Å². The predicted octanol–water partition coefficient (Wildman–Crippen LogP) is 1.95. The summed E-state index contributed by atoms with van der Waals surface area (Å²) in [5.74, 6) is 1.59. The molecule has 0 atom stereocenters. The van der Waals surface area contributed by atoms with E-state index < -0.39 is 0 Å². The molecule has 5 nitrogen and oxygen atoms in total. The molecular formula is C15H21N3O2. The smallest absolute Gasteiger partial charge is 0.161 e. The second-order valence-corrected chi connectivity index (χ2v) is 4.25. The van der Waals surface area contributed by atoms with Crippen LogP contribution in [0, 0.1) is 0 Å². The zero-order valence-electron chi connectivity index (χ0n) is 11.8. The van der Waals surface area contributed by atoms with E-state index in [9.17, 15) is 0 Å². The summed E-state index contributed by atoms with van der Waals surface area (Å²) in [6.07, 6.45) is 3.74. The Bertz CT molecular complexity index is 486. The molecule has 0 aliphatic heterocycles. The first-order valence-corrected chi connectivity index (χ1v) is 6.93. The summed E-state index contributed by atoms with van der Waals surface area (Å²) in [4.78, 5) is 0. The van der Waals surface area contributed by atoms with Crippen LogP contribution >= 0.6 is 0 Å². The summed E-state index contributed by atoms with van der Waals surface area (Å²) in [5.41, 5.74) is 0. The Morgan fingerprint density at radius 1 is 1.10 bits per heavy atom. The third-order valence-corrected chi connectivity index (χ3v) is 2.76. The Kier molecular flexibility index (Phi) is 5.92. The molecule has 20 heavy (non-hydrogen) atoms. The van der Waals surface area contributed by atoms with Gasteiger partial charge in [-0.25, -0.2) is 0 Å². The van der Waals surface area contributed by atoms with Gasteiger partial charge in [-0.1, -0.05) is 12.1 Å². The number of nitrogens with one attached hydrogen (secondary N) is 1. The number of ether oxygens (including phenoxy) is 2. The average molecular weight is 275 g/mol. The molecule has 0 saturated carbocycles. The number of aromatic nitrogens is 2. The van der Waals surface area contributed by atoms with Gasteiger partial charge in [-0.3, -0.25) is 4.68 Å². The van der Waals surface area contributed by atoms with E-state index in [0.29, 0.717) is 13.2 Å². The van der Waals surface area contributed by atoms with Crippen molar-refractivity contribution in [3.05, 3.63) is 42.7 Å². The highest BCUT2D eigenvalue weighted by Gasteiger charge is 2.02. The largest absolute Gasteiger partial charge is 0.490 e. The zero-order chi connectivity index (χ0) is 14.0. The number of hydrogen-bond acceptors (Lipinski definition) is 4. The second-order valence-electron chi connectivity index (χ2n) is 4.25. The number of hydrogen-bond donors (Lipinski definition) is 1. The second kappa shape index (κ2) is 8.22. The van der Waals surface area contributed by atoms with E-state index >= 15 is 0 Å². The number of nitrogens with zero attached hydrogens (tertiary/aromatic N) is 2. The van der Waals surface area contributed by atoms with Gasteiger partial charge in [0.1, 0.15) is 6.61 Å². The van der Waals surface area contributed by atoms with E-state index in [2.05, 4.69) is 10.4 Å². The van der Waals surface area contributed by atoms with Gasteiger partial charge in [0.05, 0.1) is 13.2 Å². The van der Waals surface area contributed by atoms with E-state index in [1.54, 1.807) is 6.20 Å². The fourth-order valence-corrected chi connectivity index (χ4v) is 1.83. The van der Waals surface area contributed by atoms with Crippen LogP contribution in [0.5, 0.6) is 11.5 Å². The van der Waals surface area contributed by atoms with Crippen molar-refractivity contribution in [2.45, 2.75) is 13.5 Å². The van der Waals surface area contributed by atoms with Crippen molar-refractivity contribution in [1.29, 1.82) is 0 Å². The van der Waals surface area contributed by atoms with Gasteiger partial charge in [-0.05, 0) is 25.1 Å². The lowest BCUT2D eigenvalue weighted by Crippen LogP contribution is -2.25. The molecule has 1 aromatic heterocycles. The molecule has 108 valence electrons. The summed E-state index contributed by atoms with van der Waals surface area (Å²) in [5, 5.41) is 7.46. The first-order chi connectivity index (χ1) is 9.90. The lowest BCUT2D eigenvalue weighted by molar-refractivity contribution is 0.275. The van der Waals surface area contributed by atoms with Crippen molar-refractivity contribution < 1.29 is 9.47 Å². The van der Waals surface area contributed by atoms with Gasteiger partial charge in [-0.15, -0.1) is 0 Å². The molecule has 0 aliphatic rings. The maximum atomic E-state index is 5.72. The topological polar surface area (TPSA) is 48.3 Å².